The van der Waals surface area contributed by atoms with E-state index in [4.69, 9.17) is 0 Å². The topological polar surface area (TPSA) is 76.0 Å². The Bertz CT molecular complexity index is 936. The first-order chi connectivity index (χ1) is 13.4. The Morgan fingerprint density at radius 2 is 2.07 bits per heavy atom. The molecule has 28 heavy (non-hydrogen) atoms. The van der Waals surface area contributed by atoms with Crippen molar-refractivity contribution in [2.75, 3.05) is 11.9 Å². The van der Waals surface area contributed by atoms with E-state index in [0.29, 0.717) is 25.0 Å². The number of carbonyl (C=O) groups excluding carboxylic acids is 2. The molecule has 0 saturated heterocycles. The number of imidazole rings is 1. The summed E-state index contributed by atoms with van der Waals surface area (Å²) in [5.74, 6) is -2.18. The maximum absolute atomic E-state index is 13.2. The van der Waals surface area contributed by atoms with Gasteiger partial charge in [0, 0.05) is 18.8 Å². The van der Waals surface area contributed by atoms with Gasteiger partial charge in [0.2, 0.25) is 11.7 Å². The first-order valence-electron chi connectivity index (χ1n) is 9.21. The van der Waals surface area contributed by atoms with Crippen LogP contribution in [0.25, 0.3) is 0 Å². The molecular formula is C19H19F3N4O2. The van der Waals surface area contributed by atoms with Crippen molar-refractivity contribution in [3.05, 3.63) is 47.0 Å². The quantitative estimate of drug-likeness (QED) is 0.840. The number of nitrogens with zero attached hydrogens (tertiary/aromatic N) is 2. The summed E-state index contributed by atoms with van der Waals surface area (Å²) in [6, 6.07) is 7.31. The van der Waals surface area contributed by atoms with Gasteiger partial charge in [0.25, 0.3) is 5.91 Å². The molecule has 9 heteroatoms. The van der Waals surface area contributed by atoms with Gasteiger partial charge in [-0.2, -0.15) is 13.2 Å². The fourth-order valence-corrected chi connectivity index (χ4v) is 3.92. The van der Waals surface area contributed by atoms with Gasteiger partial charge in [-0.3, -0.25) is 9.59 Å². The molecule has 0 saturated carbocycles. The predicted molar refractivity (Wildman–Crippen MR) is 94.9 cm³/mol. The minimum atomic E-state index is -4.60. The second-order valence-corrected chi connectivity index (χ2v) is 7.01. The van der Waals surface area contributed by atoms with Gasteiger partial charge < -0.3 is 15.2 Å². The molecule has 2 N–H and O–H groups in total. The van der Waals surface area contributed by atoms with Crippen molar-refractivity contribution in [3.8, 4) is 0 Å². The third kappa shape index (κ3) is 3.25. The van der Waals surface area contributed by atoms with Crippen LogP contribution in [-0.2, 0) is 23.9 Å². The number of benzene rings is 1. The Morgan fingerprint density at radius 3 is 2.86 bits per heavy atom. The average molecular weight is 392 g/mol. The number of amides is 2. The molecule has 2 aromatic rings. The molecule has 0 aliphatic carbocycles. The summed E-state index contributed by atoms with van der Waals surface area (Å²) in [6.45, 7) is 0.377. The summed E-state index contributed by atoms with van der Waals surface area (Å²) in [4.78, 5) is 28.2. The largest absolute Gasteiger partial charge is 0.449 e. The molecule has 4 rings (SSSR count). The van der Waals surface area contributed by atoms with Crippen LogP contribution in [0, 0.1) is 0 Å². The number of alkyl halides is 3. The molecule has 1 aromatic carbocycles. The molecule has 0 bridgehead atoms. The van der Waals surface area contributed by atoms with E-state index in [1.165, 1.54) is 0 Å². The van der Waals surface area contributed by atoms with Gasteiger partial charge in [0.1, 0.15) is 5.69 Å². The highest BCUT2D eigenvalue weighted by atomic mass is 19.4. The van der Waals surface area contributed by atoms with Gasteiger partial charge in [-0.25, -0.2) is 4.98 Å². The molecule has 148 valence electrons. The molecule has 1 unspecified atom stereocenters. The van der Waals surface area contributed by atoms with E-state index in [2.05, 4.69) is 15.6 Å². The van der Waals surface area contributed by atoms with Gasteiger partial charge in [-0.05, 0) is 37.3 Å². The third-order valence-electron chi connectivity index (χ3n) is 5.22. The second kappa shape index (κ2) is 6.96. The van der Waals surface area contributed by atoms with Crippen LogP contribution < -0.4 is 10.6 Å². The van der Waals surface area contributed by atoms with Crippen molar-refractivity contribution in [2.45, 2.75) is 44.3 Å². The molecule has 1 aromatic heterocycles. The zero-order valence-electron chi connectivity index (χ0n) is 15.0. The number of rotatable bonds is 4. The number of anilines is 1. The number of halogens is 3. The lowest BCUT2D eigenvalue weighted by Crippen LogP contribution is -2.28. The van der Waals surface area contributed by atoms with E-state index in [1.807, 2.05) is 24.3 Å². The molecule has 2 amide bonds. The number of para-hydroxylation sites is 1. The number of nitrogens with one attached hydrogen (secondary N) is 2. The summed E-state index contributed by atoms with van der Waals surface area (Å²) in [5.41, 5.74) is 1.78. The number of hydrogen-bond acceptors (Lipinski definition) is 3. The fourth-order valence-electron chi connectivity index (χ4n) is 3.92. The predicted octanol–water partition coefficient (Wildman–Crippen LogP) is 3.09. The van der Waals surface area contributed by atoms with Crippen molar-refractivity contribution in [1.29, 1.82) is 0 Å². The first-order valence-corrected chi connectivity index (χ1v) is 9.21. The van der Waals surface area contributed by atoms with Gasteiger partial charge >= 0.3 is 6.18 Å². The second-order valence-electron chi connectivity index (χ2n) is 7.01. The van der Waals surface area contributed by atoms with E-state index in [-0.39, 0.29) is 24.7 Å². The molecule has 6 nitrogen and oxygen atoms in total. The van der Waals surface area contributed by atoms with E-state index < -0.39 is 23.8 Å². The number of aromatic nitrogens is 2. The molecule has 2 aliphatic heterocycles. The minimum absolute atomic E-state index is 0.144. The lowest BCUT2D eigenvalue weighted by molar-refractivity contribution is -0.147. The van der Waals surface area contributed by atoms with Crippen LogP contribution in [0.4, 0.5) is 18.9 Å². The Labute approximate surface area is 159 Å². The van der Waals surface area contributed by atoms with Crippen LogP contribution in [0.1, 0.15) is 52.8 Å². The van der Waals surface area contributed by atoms with Gasteiger partial charge in [-0.15, -0.1) is 0 Å². The average Bonchev–Trinajstić information content (AvgIpc) is 3.20. The van der Waals surface area contributed by atoms with Gasteiger partial charge in [0.15, 0.2) is 0 Å². The highest BCUT2D eigenvalue weighted by Gasteiger charge is 2.40. The SMILES string of the molecule is O=C(NCCC1C(=O)Nc2ccccc21)c1nc(C(F)(F)F)n2c1CCCC2. The van der Waals surface area contributed by atoms with Crippen LogP contribution >= 0.6 is 0 Å². The van der Waals surface area contributed by atoms with Gasteiger partial charge in [0.05, 0.1) is 11.6 Å². The summed E-state index contributed by atoms with van der Waals surface area (Å²) in [6.07, 6.45) is -2.50. The minimum Gasteiger partial charge on any atom is -0.351 e. The normalized spacial score (nSPS) is 18.4. The summed E-state index contributed by atoms with van der Waals surface area (Å²) >= 11 is 0. The van der Waals surface area contributed by atoms with Crippen LogP contribution in [0.2, 0.25) is 0 Å². The number of hydrogen-bond donors (Lipinski definition) is 2. The zero-order chi connectivity index (χ0) is 19.9. The Kier molecular flexibility index (Phi) is 4.60. The molecule has 1 atom stereocenters. The summed E-state index contributed by atoms with van der Waals surface area (Å²) in [7, 11) is 0. The van der Waals surface area contributed by atoms with Crippen molar-refractivity contribution >= 4 is 17.5 Å². The van der Waals surface area contributed by atoms with E-state index in [1.54, 1.807) is 0 Å². The van der Waals surface area contributed by atoms with Crippen molar-refractivity contribution in [1.82, 2.24) is 14.9 Å². The lowest BCUT2D eigenvalue weighted by atomic mass is 9.97. The van der Waals surface area contributed by atoms with Crippen molar-refractivity contribution in [3.63, 3.8) is 0 Å². The zero-order valence-corrected chi connectivity index (χ0v) is 15.0. The maximum Gasteiger partial charge on any atom is 0.449 e. The molecule has 3 heterocycles. The fraction of sp³-hybridized carbons (Fsp3) is 0.421. The summed E-state index contributed by atoms with van der Waals surface area (Å²) in [5, 5.41) is 5.42. The van der Waals surface area contributed by atoms with Crippen molar-refractivity contribution in [2.24, 2.45) is 0 Å². The standard InChI is InChI=1S/C19H19F3N4O2/c20-19(21,22)18-25-15(14-7-3-4-10-26(14)18)17(28)23-9-8-12-11-5-1-2-6-13(11)24-16(12)27/h1-2,5-6,12H,3-4,7-10H2,(H,23,28)(H,24,27). The molecule has 0 spiro atoms. The summed E-state index contributed by atoms with van der Waals surface area (Å²) < 4.78 is 40.8. The van der Waals surface area contributed by atoms with Crippen molar-refractivity contribution < 1.29 is 22.8 Å². The van der Waals surface area contributed by atoms with Gasteiger partial charge in [-0.1, -0.05) is 18.2 Å². The van der Waals surface area contributed by atoms with E-state index in [0.717, 1.165) is 22.2 Å². The lowest BCUT2D eigenvalue weighted by Gasteiger charge is -2.18. The Hall–Kier alpha value is -2.84. The molecular weight excluding hydrogens is 373 g/mol. The highest BCUT2D eigenvalue weighted by molar-refractivity contribution is 6.02. The molecule has 0 radical (unpaired) electrons. The monoisotopic (exact) mass is 392 g/mol. The van der Waals surface area contributed by atoms with Crippen LogP contribution in [-0.4, -0.2) is 27.9 Å². The molecule has 2 aliphatic rings. The first kappa shape index (κ1) is 18.5. The van der Waals surface area contributed by atoms with Crippen LogP contribution in [0.3, 0.4) is 0 Å². The Morgan fingerprint density at radius 1 is 1.29 bits per heavy atom. The number of carbonyl (C=O) groups is 2. The van der Waals surface area contributed by atoms with Crippen LogP contribution in [0.5, 0.6) is 0 Å². The highest BCUT2D eigenvalue weighted by Crippen LogP contribution is 2.34. The maximum atomic E-state index is 13.2. The smallest absolute Gasteiger partial charge is 0.351 e. The third-order valence-corrected chi connectivity index (χ3v) is 5.22. The molecule has 0 fully saturated rings. The van der Waals surface area contributed by atoms with E-state index in [9.17, 15) is 22.8 Å². The van der Waals surface area contributed by atoms with E-state index >= 15 is 0 Å². The Balaban J connectivity index is 1.46. The number of fused-ring (bicyclic) bond motifs is 2. The van der Waals surface area contributed by atoms with Crippen LogP contribution in [0.15, 0.2) is 24.3 Å².